The molecule has 0 aromatic heterocycles. The molecular formula is C8H15N. The van der Waals surface area contributed by atoms with Crippen LogP contribution < -0.4 is 5.73 Å². The second-order valence-electron chi connectivity index (χ2n) is 1.93. The molecule has 9 heavy (non-hydrogen) atoms. The summed E-state index contributed by atoms with van der Waals surface area (Å²) in [5.74, 6) is 0. The van der Waals surface area contributed by atoms with Crippen molar-refractivity contribution in [2.75, 3.05) is 6.54 Å². The fourth-order valence-corrected chi connectivity index (χ4v) is 0.594. The highest BCUT2D eigenvalue weighted by Gasteiger charge is 1.76. The molecule has 1 heteroatoms. The number of rotatable bonds is 5. The van der Waals surface area contributed by atoms with Crippen LogP contribution in [0.5, 0.6) is 0 Å². The summed E-state index contributed by atoms with van der Waals surface area (Å²) in [6.45, 7) is 4.29. The van der Waals surface area contributed by atoms with E-state index in [1.165, 1.54) is 6.42 Å². The predicted molar refractivity (Wildman–Crippen MR) is 42.2 cm³/mol. The number of unbranched alkanes of at least 4 members (excludes halogenated alkanes) is 2. The smallest absolute Gasteiger partial charge is 0.0106 e. The van der Waals surface area contributed by atoms with Crippen molar-refractivity contribution in [1.29, 1.82) is 0 Å². The minimum absolute atomic E-state index is 0.661. The lowest BCUT2D eigenvalue weighted by Gasteiger charge is -1.87. The van der Waals surface area contributed by atoms with Gasteiger partial charge < -0.3 is 5.73 Å². The Morgan fingerprint density at radius 2 is 2.00 bits per heavy atom. The number of allylic oxidation sites excluding steroid dienone is 2. The van der Waals surface area contributed by atoms with Crippen molar-refractivity contribution in [3.8, 4) is 0 Å². The van der Waals surface area contributed by atoms with Crippen molar-refractivity contribution in [3.63, 3.8) is 0 Å². The van der Waals surface area contributed by atoms with Crippen molar-refractivity contribution in [2.24, 2.45) is 5.73 Å². The second-order valence-corrected chi connectivity index (χ2v) is 1.93. The van der Waals surface area contributed by atoms with Gasteiger partial charge in [-0.3, -0.25) is 0 Å². The van der Waals surface area contributed by atoms with E-state index in [1.54, 1.807) is 0 Å². The van der Waals surface area contributed by atoms with Crippen molar-refractivity contribution < 1.29 is 0 Å². The Kier molecular flexibility index (Phi) is 6.98. The lowest BCUT2D eigenvalue weighted by Crippen LogP contribution is -1.91. The maximum absolute atomic E-state index is 5.24. The Hall–Kier alpha value is -0.560. The van der Waals surface area contributed by atoms with Gasteiger partial charge in [-0.25, -0.2) is 0 Å². The summed E-state index contributed by atoms with van der Waals surface area (Å²) in [5.41, 5.74) is 5.24. The van der Waals surface area contributed by atoms with Crippen molar-refractivity contribution in [1.82, 2.24) is 0 Å². The average molecular weight is 125 g/mol. The minimum Gasteiger partial charge on any atom is -0.327 e. The Morgan fingerprint density at radius 1 is 1.22 bits per heavy atom. The SMILES string of the molecule is C=CCCC/C=C\CN. The van der Waals surface area contributed by atoms with Crippen LogP contribution in [-0.4, -0.2) is 6.54 Å². The lowest BCUT2D eigenvalue weighted by molar-refractivity contribution is 0.867. The van der Waals surface area contributed by atoms with Gasteiger partial charge in [0.1, 0.15) is 0 Å². The molecule has 0 unspecified atom stereocenters. The Bertz CT molecular complexity index is 84.6. The fourth-order valence-electron chi connectivity index (χ4n) is 0.594. The summed E-state index contributed by atoms with van der Waals surface area (Å²) < 4.78 is 0. The maximum Gasteiger partial charge on any atom is 0.0106 e. The zero-order chi connectivity index (χ0) is 6.95. The van der Waals surface area contributed by atoms with Crippen LogP contribution in [0.3, 0.4) is 0 Å². The molecule has 52 valence electrons. The van der Waals surface area contributed by atoms with Crippen molar-refractivity contribution in [2.45, 2.75) is 19.3 Å². The molecule has 0 saturated carbocycles. The van der Waals surface area contributed by atoms with Gasteiger partial charge in [0.15, 0.2) is 0 Å². The van der Waals surface area contributed by atoms with E-state index < -0.39 is 0 Å². The van der Waals surface area contributed by atoms with Gasteiger partial charge in [0.05, 0.1) is 0 Å². The molecule has 1 nitrogen and oxygen atoms in total. The van der Waals surface area contributed by atoms with Gasteiger partial charge in [-0.05, 0) is 19.3 Å². The van der Waals surface area contributed by atoms with E-state index in [0.29, 0.717) is 6.54 Å². The topological polar surface area (TPSA) is 26.0 Å². The summed E-state index contributed by atoms with van der Waals surface area (Å²) in [7, 11) is 0. The summed E-state index contributed by atoms with van der Waals surface area (Å²) in [4.78, 5) is 0. The molecule has 0 fully saturated rings. The summed E-state index contributed by atoms with van der Waals surface area (Å²) in [6, 6.07) is 0. The molecule has 0 aliphatic heterocycles. The first-order valence-electron chi connectivity index (χ1n) is 3.37. The van der Waals surface area contributed by atoms with E-state index >= 15 is 0 Å². The lowest BCUT2D eigenvalue weighted by atomic mass is 10.2. The van der Waals surface area contributed by atoms with Gasteiger partial charge in [0.25, 0.3) is 0 Å². The maximum atomic E-state index is 5.24. The van der Waals surface area contributed by atoms with Crippen molar-refractivity contribution >= 4 is 0 Å². The monoisotopic (exact) mass is 125 g/mol. The van der Waals surface area contributed by atoms with Crippen LogP contribution in [0.25, 0.3) is 0 Å². The van der Waals surface area contributed by atoms with Gasteiger partial charge in [0.2, 0.25) is 0 Å². The number of hydrogen-bond donors (Lipinski definition) is 1. The van der Waals surface area contributed by atoms with Crippen LogP contribution in [-0.2, 0) is 0 Å². The van der Waals surface area contributed by atoms with Crippen molar-refractivity contribution in [3.05, 3.63) is 24.8 Å². The van der Waals surface area contributed by atoms with Crippen LogP contribution in [0.15, 0.2) is 24.8 Å². The van der Waals surface area contributed by atoms with E-state index in [4.69, 9.17) is 5.73 Å². The Labute approximate surface area is 57.3 Å². The highest BCUT2D eigenvalue weighted by molar-refractivity contribution is 4.82. The minimum atomic E-state index is 0.661. The van der Waals surface area contributed by atoms with Gasteiger partial charge in [0, 0.05) is 6.54 Å². The third-order valence-corrected chi connectivity index (χ3v) is 1.08. The molecule has 0 rings (SSSR count). The van der Waals surface area contributed by atoms with Crippen LogP contribution in [0.2, 0.25) is 0 Å². The molecule has 0 atom stereocenters. The van der Waals surface area contributed by atoms with Crippen LogP contribution in [0.1, 0.15) is 19.3 Å². The predicted octanol–water partition coefficient (Wildman–Crippen LogP) is 1.86. The molecule has 0 saturated heterocycles. The first kappa shape index (κ1) is 8.44. The quantitative estimate of drug-likeness (QED) is 0.440. The molecule has 0 radical (unpaired) electrons. The van der Waals surface area contributed by atoms with Gasteiger partial charge in [-0.1, -0.05) is 18.2 Å². The molecule has 0 amide bonds. The van der Waals surface area contributed by atoms with Gasteiger partial charge in [-0.15, -0.1) is 6.58 Å². The normalized spacial score (nSPS) is 10.3. The van der Waals surface area contributed by atoms with Crippen LogP contribution in [0, 0.1) is 0 Å². The molecule has 0 bridgehead atoms. The largest absolute Gasteiger partial charge is 0.327 e. The third-order valence-electron chi connectivity index (χ3n) is 1.08. The summed E-state index contributed by atoms with van der Waals surface area (Å²) in [5, 5.41) is 0. The first-order chi connectivity index (χ1) is 4.41. The molecule has 0 aliphatic rings. The zero-order valence-corrected chi connectivity index (χ0v) is 5.84. The molecule has 0 aromatic carbocycles. The van der Waals surface area contributed by atoms with E-state index in [0.717, 1.165) is 12.8 Å². The van der Waals surface area contributed by atoms with E-state index in [9.17, 15) is 0 Å². The molecule has 0 aromatic rings. The number of hydrogen-bond acceptors (Lipinski definition) is 1. The van der Waals surface area contributed by atoms with E-state index in [-0.39, 0.29) is 0 Å². The molecule has 0 heterocycles. The zero-order valence-electron chi connectivity index (χ0n) is 5.84. The third kappa shape index (κ3) is 7.44. The van der Waals surface area contributed by atoms with Crippen LogP contribution >= 0.6 is 0 Å². The fraction of sp³-hybridized carbons (Fsp3) is 0.500. The standard InChI is InChI=1S/C8H15N/c1-2-3-4-5-6-7-8-9/h2,6-7H,1,3-5,8-9H2/b7-6-. The average Bonchev–Trinajstić information content (AvgIpc) is 1.89. The van der Waals surface area contributed by atoms with E-state index in [2.05, 4.69) is 12.7 Å². The Morgan fingerprint density at radius 3 is 2.56 bits per heavy atom. The molecule has 0 aliphatic carbocycles. The molecular weight excluding hydrogens is 110 g/mol. The summed E-state index contributed by atoms with van der Waals surface area (Å²) >= 11 is 0. The summed E-state index contributed by atoms with van der Waals surface area (Å²) in [6.07, 6.45) is 9.47. The Balaban J connectivity index is 2.90. The molecule has 2 N–H and O–H groups in total. The second kappa shape index (κ2) is 7.44. The van der Waals surface area contributed by atoms with E-state index in [1.807, 2.05) is 12.2 Å². The highest BCUT2D eigenvalue weighted by atomic mass is 14.5. The van der Waals surface area contributed by atoms with Crippen LogP contribution in [0.4, 0.5) is 0 Å². The first-order valence-corrected chi connectivity index (χ1v) is 3.37. The number of nitrogens with two attached hydrogens (primary N) is 1. The van der Waals surface area contributed by atoms with Gasteiger partial charge >= 0.3 is 0 Å². The van der Waals surface area contributed by atoms with Gasteiger partial charge in [-0.2, -0.15) is 0 Å². The highest BCUT2D eigenvalue weighted by Crippen LogP contribution is 1.95. The molecule has 0 spiro atoms.